The maximum Gasteiger partial charge on any atom is 0.414 e. The van der Waals surface area contributed by atoms with Crippen molar-refractivity contribution in [3.8, 4) is 0 Å². The molecule has 1 unspecified atom stereocenters. The van der Waals surface area contributed by atoms with Gasteiger partial charge >= 0.3 is 6.09 Å². The van der Waals surface area contributed by atoms with E-state index in [2.05, 4.69) is 5.32 Å². The summed E-state index contributed by atoms with van der Waals surface area (Å²) in [7, 11) is 0. The molecule has 140 valence electrons. The van der Waals surface area contributed by atoms with Gasteiger partial charge in [0.15, 0.2) is 0 Å². The summed E-state index contributed by atoms with van der Waals surface area (Å²) in [4.78, 5) is 25.8. The first-order valence-electron chi connectivity index (χ1n) is 9.66. The Kier molecular flexibility index (Phi) is 4.85. The van der Waals surface area contributed by atoms with E-state index in [1.165, 1.54) is 19.3 Å². The summed E-state index contributed by atoms with van der Waals surface area (Å²) in [5.74, 6) is -0.132. The molecule has 6 heteroatoms. The number of carbonyl (C=O) groups excluding carboxylic acids is 2. The van der Waals surface area contributed by atoms with Crippen LogP contribution in [-0.2, 0) is 9.47 Å². The van der Waals surface area contributed by atoms with E-state index in [4.69, 9.17) is 9.47 Å². The van der Waals surface area contributed by atoms with Gasteiger partial charge in [-0.3, -0.25) is 9.69 Å². The molecule has 6 nitrogen and oxygen atoms in total. The molecule has 2 aliphatic heterocycles. The number of rotatable bonds is 4. The van der Waals surface area contributed by atoms with E-state index in [1.54, 1.807) is 23.1 Å². The van der Waals surface area contributed by atoms with Crippen molar-refractivity contribution in [1.29, 1.82) is 0 Å². The molecule has 4 rings (SSSR count). The van der Waals surface area contributed by atoms with Gasteiger partial charge in [-0.2, -0.15) is 0 Å². The van der Waals surface area contributed by atoms with Crippen LogP contribution in [0.1, 0.15) is 55.3 Å². The number of carbonyl (C=O) groups is 2. The van der Waals surface area contributed by atoms with Crippen molar-refractivity contribution in [1.82, 2.24) is 5.32 Å². The van der Waals surface area contributed by atoms with Crippen LogP contribution in [0.4, 0.5) is 10.5 Å². The summed E-state index contributed by atoms with van der Waals surface area (Å²) in [6, 6.07) is 7.10. The van der Waals surface area contributed by atoms with Crippen molar-refractivity contribution in [2.45, 2.75) is 56.7 Å². The lowest BCUT2D eigenvalue weighted by molar-refractivity contribution is -0.0618. The lowest BCUT2D eigenvalue weighted by atomic mass is 9.83. The Balaban J connectivity index is 1.33. The zero-order valence-corrected chi connectivity index (χ0v) is 15.0. The van der Waals surface area contributed by atoms with Crippen molar-refractivity contribution < 1.29 is 19.1 Å². The maximum absolute atomic E-state index is 12.5. The summed E-state index contributed by atoms with van der Waals surface area (Å²) in [5, 5.41) is 2.99. The highest BCUT2D eigenvalue weighted by Gasteiger charge is 2.40. The van der Waals surface area contributed by atoms with Gasteiger partial charge in [-0.05, 0) is 43.9 Å². The summed E-state index contributed by atoms with van der Waals surface area (Å²) < 4.78 is 11.3. The van der Waals surface area contributed by atoms with E-state index in [9.17, 15) is 9.59 Å². The van der Waals surface area contributed by atoms with Crippen LogP contribution >= 0.6 is 0 Å². The Morgan fingerprint density at radius 2 is 2.08 bits per heavy atom. The highest BCUT2D eigenvalue weighted by Crippen LogP contribution is 2.41. The Labute approximate surface area is 153 Å². The van der Waals surface area contributed by atoms with Crippen molar-refractivity contribution >= 4 is 17.7 Å². The van der Waals surface area contributed by atoms with Crippen molar-refractivity contribution in [3.63, 3.8) is 0 Å². The molecule has 3 aliphatic rings. The fourth-order valence-electron chi connectivity index (χ4n) is 4.35. The number of ether oxygens (including phenoxy) is 2. The quantitative estimate of drug-likeness (QED) is 0.897. The van der Waals surface area contributed by atoms with Crippen LogP contribution in [-0.4, -0.2) is 43.4 Å². The number of anilines is 1. The van der Waals surface area contributed by atoms with Crippen LogP contribution in [0.5, 0.6) is 0 Å². The van der Waals surface area contributed by atoms with E-state index in [1.807, 2.05) is 6.07 Å². The average molecular weight is 358 g/mol. The third kappa shape index (κ3) is 3.56. The minimum atomic E-state index is -0.361. The minimum Gasteiger partial charge on any atom is -0.447 e. The molecular formula is C20H26N2O4. The molecular weight excluding hydrogens is 332 g/mol. The zero-order valence-electron chi connectivity index (χ0n) is 15.0. The second kappa shape index (κ2) is 7.27. The van der Waals surface area contributed by atoms with Gasteiger partial charge in [0, 0.05) is 17.8 Å². The lowest BCUT2D eigenvalue weighted by Gasteiger charge is -2.33. The molecule has 0 radical (unpaired) electrons. The molecule has 1 aromatic rings. The molecule has 2 saturated heterocycles. The second-order valence-corrected chi connectivity index (χ2v) is 7.55. The monoisotopic (exact) mass is 358 g/mol. The molecule has 1 aliphatic carbocycles. The Bertz CT molecular complexity index is 684. The fourth-order valence-corrected chi connectivity index (χ4v) is 4.35. The number of benzene rings is 1. The standard InChI is InChI=1S/C20H26N2O4/c23-18(15-5-4-6-16(13-15)22-11-12-25-19(22)24)21-14-17-7-10-20(26-17)8-2-1-3-9-20/h4-6,13,17H,1-3,7-12,14H2,(H,21,23). The fraction of sp³-hybridized carbons (Fsp3) is 0.600. The number of nitrogens with zero attached hydrogens (tertiary/aromatic N) is 1. The van der Waals surface area contributed by atoms with Gasteiger partial charge in [0.1, 0.15) is 6.61 Å². The van der Waals surface area contributed by atoms with Crippen molar-refractivity contribution in [2.75, 3.05) is 24.6 Å². The topological polar surface area (TPSA) is 67.9 Å². The molecule has 0 bridgehead atoms. The Hall–Kier alpha value is -2.08. The Morgan fingerprint density at radius 1 is 1.23 bits per heavy atom. The number of amides is 2. The van der Waals surface area contributed by atoms with Gasteiger partial charge in [-0.25, -0.2) is 4.79 Å². The Morgan fingerprint density at radius 3 is 2.85 bits per heavy atom. The highest BCUT2D eigenvalue weighted by molar-refractivity contribution is 5.97. The molecule has 1 atom stereocenters. The molecule has 0 aromatic heterocycles. The maximum atomic E-state index is 12.5. The molecule has 1 aromatic carbocycles. The highest BCUT2D eigenvalue weighted by atomic mass is 16.6. The van der Waals surface area contributed by atoms with Gasteiger partial charge < -0.3 is 14.8 Å². The van der Waals surface area contributed by atoms with Crippen molar-refractivity contribution in [2.24, 2.45) is 0 Å². The minimum absolute atomic E-state index is 0.0731. The molecule has 3 fully saturated rings. The zero-order chi connectivity index (χ0) is 18.0. The molecule has 2 amide bonds. The van der Waals surface area contributed by atoms with E-state index in [0.717, 1.165) is 25.7 Å². The van der Waals surface area contributed by atoms with E-state index in [-0.39, 0.29) is 23.7 Å². The lowest BCUT2D eigenvalue weighted by Crippen LogP contribution is -2.36. The molecule has 1 saturated carbocycles. The van der Waals surface area contributed by atoms with Crippen LogP contribution in [0.25, 0.3) is 0 Å². The normalized spacial score (nSPS) is 24.7. The van der Waals surface area contributed by atoms with Gasteiger partial charge in [0.2, 0.25) is 0 Å². The molecule has 26 heavy (non-hydrogen) atoms. The first-order valence-corrected chi connectivity index (χ1v) is 9.66. The predicted molar refractivity (Wildman–Crippen MR) is 97.4 cm³/mol. The van der Waals surface area contributed by atoms with Crippen LogP contribution in [0, 0.1) is 0 Å². The van der Waals surface area contributed by atoms with Crippen molar-refractivity contribution in [3.05, 3.63) is 29.8 Å². The smallest absolute Gasteiger partial charge is 0.414 e. The van der Waals surface area contributed by atoms with Gasteiger partial charge in [0.25, 0.3) is 5.91 Å². The third-order valence-corrected chi connectivity index (χ3v) is 5.77. The van der Waals surface area contributed by atoms with Crippen LogP contribution in [0.3, 0.4) is 0 Å². The van der Waals surface area contributed by atoms with Crippen LogP contribution < -0.4 is 10.2 Å². The molecule has 1 N–H and O–H groups in total. The molecule has 1 spiro atoms. The van der Waals surface area contributed by atoms with Crippen LogP contribution in [0.2, 0.25) is 0 Å². The number of nitrogens with one attached hydrogen (secondary N) is 1. The summed E-state index contributed by atoms with van der Waals surface area (Å²) in [5.41, 5.74) is 1.31. The van der Waals surface area contributed by atoms with Gasteiger partial charge in [-0.15, -0.1) is 0 Å². The van der Waals surface area contributed by atoms with E-state index >= 15 is 0 Å². The van der Waals surface area contributed by atoms with E-state index < -0.39 is 0 Å². The number of hydrogen-bond donors (Lipinski definition) is 1. The SMILES string of the molecule is O=C(NCC1CCC2(CCCCC2)O1)c1cccc(N2CCOC2=O)c1. The molecule has 2 heterocycles. The largest absolute Gasteiger partial charge is 0.447 e. The van der Waals surface area contributed by atoms with Gasteiger partial charge in [-0.1, -0.05) is 25.3 Å². The number of hydrogen-bond acceptors (Lipinski definition) is 4. The second-order valence-electron chi connectivity index (χ2n) is 7.55. The summed E-state index contributed by atoms with van der Waals surface area (Å²) in [6.07, 6.45) is 8.01. The van der Waals surface area contributed by atoms with E-state index in [0.29, 0.717) is 30.9 Å². The average Bonchev–Trinajstić information content (AvgIpc) is 3.27. The first kappa shape index (κ1) is 17.3. The van der Waals surface area contributed by atoms with Gasteiger partial charge in [0.05, 0.1) is 18.2 Å². The predicted octanol–water partition coefficient (Wildman–Crippen LogP) is 3.25. The number of cyclic esters (lactones) is 1. The summed E-state index contributed by atoms with van der Waals surface area (Å²) >= 11 is 0. The first-order chi connectivity index (χ1) is 12.7. The van der Waals surface area contributed by atoms with Crippen LogP contribution in [0.15, 0.2) is 24.3 Å². The third-order valence-electron chi connectivity index (χ3n) is 5.77. The summed E-state index contributed by atoms with van der Waals surface area (Å²) in [6.45, 7) is 1.44.